The minimum absolute atomic E-state index is 0.279. The second-order valence-corrected chi connectivity index (χ2v) is 4.21. The molecule has 0 atom stereocenters. The van der Waals surface area contributed by atoms with E-state index in [0.29, 0.717) is 18.1 Å². The smallest absolute Gasteiger partial charge is 0.329 e. The summed E-state index contributed by atoms with van der Waals surface area (Å²) in [4.78, 5) is 14.6. The van der Waals surface area contributed by atoms with Gasteiger partial charge in [-0.1, -0.05) is 17.7 Å². The lowest BCUT2D eigenvalue weighted by Crippen LogP contribution is -2.09. The second-order valence-electron chi connectivity index (χ2n) is 3.80. The zero-order chi connectivity index (χ0) is 13.0. The van der Waals surface area contributed by atoms with Crippen LogP contribution in [0.2, 0.25) is 5.02 Å². The van der Waals surface area contributed by atoms with Gasteiger partial charge in [0.05, 0.1) is 12.1 Å². The monoisotopic (exact) mass is 265 g/mol. The van der Waals surface area contributed by atoms with Crippen molar-refractivity contribution >= 4 is 28.5 Å². The number of halogens is 1. The van der Waals surface area contributed by atoms with E-state index in [1.165, 1.54) is 0 Å². The fourth-order valence-corrected chi connectivity index (χ4v) is 1.96. The molecule has 5 heteroatoms. The Morgan fingerprint density at radius 3 is 3.00 bits per heavy atom. The van der Waals surface area contributed by atoms with Gasteiger partial charge in [-0.3, -0.25) is 4.98 Å². The van der Waals surface area contributed by atoms with Gasteiger partial charge in [-0.25, -0.2) is 4.79 Å². The number of ether oxygens (including phenoxy) is 1. The standard InChI is InChI=1S/C13H12ClNO3/c14-11-4-3-9(5-7-18-8-12(16)17)13-10(11)2-1-6-15-13/h1-4,6H,5,7-8H2,(H,16,17). The number of hydrogen-bond acceptors (Lipinski definition) is 3. The van der Waals surface area contributed by atoms with Crippen molar-refractivity contribution in [1.82, 2.24) is 4.98 Å². The van der Waals surface area contributed by atoms with Crippen molar-refractivity contribution in [3.63, 3.8) is 0 Å². The molecule has 18 heavy (non-hydrogen) atoms. The van der Waals surface area contributed by atoms with Crippen LogP contribution in [-0.2, 0) is 16.0 Å². The van der Waals surface area contributed by atoms with Crippen LogP contribution in [0.25, 0.3) is 10.9 Å². The van der Waals surface area contributed by atoms with E-state index in [4.69, 9.17) is 21.4 Å². The molecule has 0 radical (unpaired) electrons. The number of benzene rings is 1. The predicted molar refractivity (Wildman–Crippen MR) is 68.9 cm³/mol. The third-order valence-electron chi connectivity index (χ3n) is 2.54. The minimum atomic E-state index is -0.964. The third-order valence-corrected chi connectivity index (χ3v) is 2.87. The number of carboxylic acids is 1. The highest BCUT2D eigenvalue weighted by Crippen LogP contribution is 2.24. The van der Waals surface area contributed by atoms with E-state index < -0.39 is 5.97 Å². The van der Waals surface area contributed by atoms with Crippen LogP contribution in [0.3, 0.4) is 0 Å². The summed E-state index contributed by atoms with van der Waals surface area (Å²) in [5.74, 6) is -0.964. The summed E-state index contributed by atoms with van der Waals surface area (Å²) in [5, 5.41) is 10.0. The van der Waals surface area contributed by atoms with Gasteiger partial charge in [0.15, 0.2) is 0 Å². The Kier molecular flexibility index (Phi) is 4.12. The van der Waals surface area contributed by atoms with E-state index in [2.05, 4.69) is 4.98 Å². The molecule has 0 bridgehead atoms. The first kappa shape index (κ1) is 12.8. The summed E-state index contributed by atoms with van der Waals surface area (Å²) in [6.45, 7) is 0.0680. The number of carboxylic acid groups (broad SMARTS) is 1. The molecule has 0 aliphatic heterocycles. The van der Waals surface area contributed by atoms with Gasteiger partial charge < -0.3 is 9.84 Å². The lowest BCUT2D eigenvalue weighted by Gasteiger charge is -2.07. The van der Waals surface area contributed by atoms with Crippen molar-refractivity contribution in [3.05, 3.63) is 41.0 Å². The van der Waals surface area contributed by atoms with Crippen molar-refractivity contribution in [1.29, 1.82) is 0 Å². The number of aromatic nitrogens is 1. The normalized spacial score (nSPS) is 10.7. The van der Waals surface area contributed by atoms with Crippen LogP contribution in [0.5, 0.6) is 0 Å². The van der Waals surface area contributed by atoms with Crippen LogP contribution in [0.4, 0.5) is 0 Å². The quantitative estimate of drug-likeness (QED) is 0.844. The van der Waals surface area contributed by atoms with E-state index in [1.54, 1.807) is 6.20 Å². The number of fused-ring (bicyclic) bond motifs is 1. The topological polar surface area (TPSA) is 59.4 Å². The van der Waals surface area contributed by atoms with E-state index in [-0.39, 0.29) is 6.61 Å². The van der Waals surface area contributed by atoms with Crippen LogP contribution >= 0.6 is 11.6 Å². The van der Waals surface area contributed by atoms with Crippen molar-refractivity contribution in [2.24, 2.45) is 0 Å². The molecule has 2 rings (SSSR count). The third kappa shape index (κ3) is 2.97. The van der Waals surface area contributed by atoms with Crippen LogP contribution in [0, 0.1) is 0 Å². The molecule has 1 aromatic heterocycles. The number of carbonyl (C=O) groups is 1. The molecule has 1 heterocycles. The lowest BCUT2D eigenvalue weighted by atomic mass is 10.1. The molecule has 0 aliphatic carbocycles. The second kappa shape index (κ2) is 5.80. The van der Waals surface area contributed by atoms with Crippen molar-refractivity contribution in [2.75, 3.05) is 13.2 Å². The molecule has 0 spiro atoms. The van der Waals surface area contributed by atoms with Crippen LogP contribution in [0.15, 0.2) is 30.5 Å². The van der Waals surface area contributed by atoms with E-state index in [1.807, 2.05) is 24.3 Å². The van der Waals surface area contributed by atoms with Gasteiger partial charge in [0, 0.05) is 16.6 Å². The van der Waals surface area contributed by atoms with Crippen molar-refractivity contribution < 1.29 is 14.6 Å². The Hall–Kier alpha value is -1.65. The van der Waals surface area contributed by atoms with Gasteiger partial charge in [-0.2, -0.15) is 0 Å². The maximum atomic E-state index is 10.3. The van der Waals surface area contributed by atoms with Gasteiger partial charge in [-0.15, -0.1) is 0 Å². The Morgan fingerprint density at radius 2 is 2.22 bits per heavy atom. The molecule has 0 amide bonds. The van der Waals surface area contributed by atoms with Gasteiger partial charge in [0.1, 0.15) is 6.61 Å². The van der Waals surface area contributed by atoms with Crippen molar-refractivity contribution in [3.8, 4) is 0 Å². The molecule has 0 aliphatic rings. The highest BCUT2D eigenvalue weighted by Gasteiger charge is 2.06. The summed E-state index contributed by atoms with van der Waals surface area (Å²) in [6, 6.07) is 7.45. The van der Waals surface area contributed by atoms with Gasteiger partial charge in [0.2, 0.25) is 0 Å². The van der Waals surface area contributed by atoms with E-state index in [0.717, 1.165) is 16.5 Å². The zero-order valence-electron chi connectivity index (χ0n) is 9.60. The molecule has 0 saturated heterocycles. The largest absolute Gasteiger partial charge is 0.480 e. The SMILES string of the molecule is O=C(O)COCCc1ccc(Cl)c2cccnc12. The molecule has 0 unspecified atom stereocenters. The summed E-state index contributed by atoms with van der Waals surface area (Å²) in [6.07, 6.45) is 2.32. The molecule has 4 nitrogen and oxygen atoms in total. The predicted octanol–water partition coefficient (Wildman–Crippen LogP) is 2.53. The molecular formula is C13H12ClNO3. The Bertz CT molecular complexity index is 571. The average Bonchev–Trinajstić information content (AvgIpc) is 2.37. The first-order valence-corrected chi connectivity index (χ1v) is 5.88. The number of aliphatic carboxylic acids is 1. The molecule has 1 aromatic carbocycles. The summed E-state index contributed by atoms with van der Waals surface area (Å²) in [7, 11) is 0. The van der Waals surface area contributed by atoms with Gasteiger partial charge in [0.25, 0.3) is 0 Å². The van der Waals surface area contributed by atoms with Crippen LogP contribution in [0.1, 0.15) is 5.56 Å². The first-order valence-electron chi connectivity index (χ1n) is 5.50. The van der Waals surface area contributed by atoms with Gasteiger partial charge >= 0.3 is 5.97 Å². The Morgan fingerprint density at radius 1 is 1.39 bits per heavy atom. The Labute approximate surface area is 109 Å². The van der Waals surface area contributed by atoms with Gasteiger partial charge in [-0.05, 0) is 30.2 Å². The number of hydrogen-bond donors (Lipinski definition) is 1. The number of nitrogens with zero attached hydrogens (tertiary/aromatic N) is 1. The zero-order valence-corrected chi connectivity index (χ0v) is 10.4. The Balaban J connectivity index is 2.14. The number of pyridine rings is 1. The number of rotatable bonds is 5. The summed E-state index contributed by atoms with van der Waals surface area (Å²) < 4.78 is 5.02. The van der Waals surface area contributed by atoms with E-state index in [9.17, 15) is 4.79 Å². The average molecular weight is 266 g/mol. The minimum Gasteiger partial charge on any atom is -0.480 e. The molecule has 0 fully saturated rings. The maximum absolute atomic E-state index is 10.3. The highest BCUT2D eigenvalue weighted by atomic mass is 35.5. The lowest BCUT2D eigenvalue weighted by molar-refractivity contribution is -0.142. The first-order chi connectivity index (χ1) is 8.68. The maximum Gasteiger partial charge on any atom is 0.329 e. The van der Waals surface area contributed by atoms with E-state index >= 15 is 0 Å². The molecule has 1 N–H and O–H groups in total. The van der Waals surface area contributed by atoms with Crippen LogP contribution in [-0.4, -0.2) is 29.3 Å². The molecular weight excluding hydrogens is 254 g/mol. The summed E-state index contributed by atoms with van der Waals surface area (Å²) >= 11 is 6.08. The van der Waals surface area contributed by atoms with Crippen LogP contribution < -0.4 is 0 Å². The molecule has 94 valence electrons. The highest BCUT2D eigenvalue weighted by molar-refractivity contribution is 6.35. The van der Waals surface area contributed by atoms with Crippen molar-refractivity contribution in [2.45, 2.75) is 6.42 Å². The fraction of sp³-hybridized carbons (Fsp3) is 0.231. The molecule has 0 saturated carbocycles. The molecule has 2 aromatic rings. The summed E-state index contributed by atoms with van der Waals surface area (Å²) in [5.41, 5.74) is 1.84. The fourth-order valence-electron chi connectivity index (χ4n) is 1.74.